The highest BCUT2D eigenvalue weighted by atomic mass is 35.5. The summed E-state index contributed by atoms with van der Waals surface area (Å²) in [6, 6.07) is 1.61. The Labute approximate surface area is 162 Å². The molecule has 4 heterocycles. The number of thiophene rings is 1. The zero-order valence-electron chi connectivity index (χ0n) is 13.6. The van der Waals surface area contributed by atoms with Crippen molar-refractivity contribution in [2.45, 2.75) is 6.61 Å². The Morgan fingerprint density at radius 2 is 1.96 bits per heavy atom. The predicted octanol–water partition coefficient (Wildman–Crippen LogP) is 3.62. The molecule has 0 bridgehead atoms. The van der Waals surface area contributed by atoms with Gasteiger partial charge in [0.2, 0.25) is 0 Å². The smallest absolute Gasteiger partial charge is 0.390 e. The number of rotatable bonds is 7. The van der Waals surface area contributed by atoms with Crippen LogP contribution in [0.5, 0.6) is 0 Å². The molecule has 2 aromatic rings. The van der Waals surface area contributed by atoms with E-state index in [9.17, 15) is 14.7 Å². The Kier molecular flexibility index (Phi) is 4.63. The molecule has 2 aliphatic rings. The summed E-state index contributed by atoms with van der Waals surface area (Å²) in [5.74, 6) is -0.326. The van der Waals surface area contributed by atoms with Gasteiger partial charge < -0.3 is 10.1 Å². The lowest BCUT2D eigenvalue weighted by atomic mass is 10.3. The minimum Gasteiger partial charge on any atom is -0.390 e. The van der Waals surface area contributed by atoms with Crippen LogP contribution in [0.4, 0.5) is 5.95 Å². The normalized spacial score (nSPS) is 17.7. The Hall–Kier alpha value is -1.000. The molecule has 0 atom stereocenters. The molecule has 0 N–H and O–H groups in total. The van der Waals surface area contributed by atoms with E-state index in [0.717, 1.165) is 26.2 Å². The fourth-order valence-corrected chi connectivity index (χ4v) is 6.14. The number of nitro groups is 1. The number of aromatic nitrogens is 2. The lowest BCUT2D eigenvalue weighted by Gasteiger charge is -2.19. The topological polar surface area (TPSA) is 93.3 Å². The van der Waals surface area contributed by atoms with Crippen LogP contribution in [0.1, 0.15) is 5.69 Å². The molecule has 0 spiro atoms. The SMILES string of the molecule is Cn1c([N+](=O)[O-])nc(-c2cc(Cl)c(Cl)s2)c1COP(=O)(N1CC1)N1CC1. The van der Waals surface area contributed by atoms with E-state index < -0.39 is 12.6 Å². The fraction of sp³-hybridized carbons (Fsp3) is 0.462. The monoisotopic (exact) mass is 437 g/mol. The summed E-state index contributed by atoms with van der Waals surface area (Å²) in [5.41, 5.74) is 0.816. The van der Waals surface area contributed by atoms with Crippen molar-refractivity contribution in [3.63, 3.8) is 0 Å². The molecule has 0 aromatic carbocycles. The molecule has 2 saturated heterocycles. The zero-order chi connectivity index (χ0) is 18.6. The minimum atomic E-state index is -3.05. The van der Waals surface area contributed by atoms with Gasteiger partial charge in [-0.05, 0) is 11.0 Å². The first kappa shape index (κ1) is 18.4. The van der Waals surface area contributed by atoms with E-state index in [2.05, 4.69) is 4.98 Å². The van der Waals surface area contributed by atoms with E-state index in [1.165, 1.54) is 23.0 Å². The summed E-state index contributed by atoms with van der Waals surface area (Å²) in [6.07, 6.45) is 0. The molecule has 2 aromatic heterocycles. The molecular weight excluding hydrogens is 424 g/mol. The van der Waals surface area contributed by atoms with Gasteiger partial charge in [-0.3, -0.25) is 9.09 Å². The van der Waals surface area contributed by atoms with E-state index >= 15 is 0 Å². The molecule has 0 radical (unpaired) electrons. The van der Waals surface area contributed by atoms with Crippen LogP contribution >= 0.6 is 42.2 Å². The summed E-state index contributed by atoms with van der Waals surface area (Å²) >= 11 is 13.2. The molecule has 2 aliphatic heterocycles. The second-order valence-electron chi connectivity index (χ2n) is 5.93. The largest absolute Gasteiger partial charge is 0.435 e. The first-order valence-corrected chi connectivity index (χ1v) is 10.8. The van der Waals surface area contributed by atoms with Crippen LogP contribution < -0.4 is 0 Å². The summed E-state index contributed by atoms with van der Waals surface area (Å²) in [6.45, 7) is 2.83. The molecular formula is C13H14Cl2N5O4PS. The van der Waals surface area contributed by atoms with Crippen molar-refractivity contribution in [2.75, 3.05) is 26.2 Å². The van der Waals surface area contributed by atoms with Gasteiger partial charge in [-0.15, -0.1) is 11.3 Å². The van der Waals surface area contributed by atoms with Crippen molar-refractivity contribution in [2.24, 2.45) is 7.05 Å². The van der Waals surface area contributed by atoms with Gasteiger partial charge in [0.1, 0.15) is 16.6 Å². The molecule has 0 amide bonds. The standard InChI is InChI=1S/C13H14Cl2N5O4PS/c1-17-9(7-24-25(23,18-2-3-18)19-4-5-19)11(16-13(17)20(21)22)10-6-8(14)12(15)26-10/h6H,2-5,7H2,1H3. The molecule has 4 rings (SSSR count). The highest BCUT2D eigenvalue weighted by molar-refractivity contribution is 7.54. The Bertz CT molecular complexity index is 904. The number of hydrogen-bond acceptors (Lipinski definition) is 6. The molecule has 13 heteroatoms. The van der Waals surface area contributed by atoms with Crippen LogP contribution in [0, 0.1) is 10.1 Å². The maximum atomic E-state index is 13.1. The van der Waals surface area contributed by atoms with E-state index in [4.69, 9.17) is 27.7 Å². The van der Waals surface area contributed by atoms with Crippen molar-refractivity contribution in [1.82, 2.24) is 18.9 Å². The van der Waals surface area contributed by atoms with Crippen molar-refractivity contribution >= 4 is 48.2 Å². The van der Waals surface area contributed by atoms with Gasteiger partial charge >= 0.3 is 13.6 Å². The van der Waals surface area contributed by atoms with Crippen LogP contribution in [0.25, 0.3) is 10.6 Å². The number of imidazole rings is 1. The maximum Gasteiger partial charge on any atom is 0.435 e. The van der Waals surface area contributed by atoms with Crippen molar-refractivity contribution in [3.8, 4) is 10.6 Å². The second kappa shape index (κ2) is 6.56. The average molecular weight is 438 g/mol. The fourth-order valence-electron chi connectivity index (χ4n) is 2.59. The lowest BCUT2D eigenvalue weighted by molar-refractivity contribution is -0.396. The van der Waals surface area contributed by atoms with Crippen LogP contribution in [0.3, 0.4) is 0 Å². The summed E-state index contributed by atoms with van der Waals surface area (Å²) < 4.78 is 24.2. The highest BCUT2D eigenvalue weighted by Crippen LogP contribution is 2.61. The van der Waals surface area contributed by atoms with E-state index in [1.54, 1.807) is 15.4 Å². The minimum absolute atomic E-state index is 0.0654. The molecule has 26 heavy (non-hydrogen) atoms. The van der Waals surface area contributed by atoms with Gasteiger partial charge in [-0.2, -0.15) is 0 Å². The Morgan fingerprint density at radius 3 is 2.42 bits per heavy atom. The molecule has 0 unspecified atom stereocenters. The van der Waals surface area contributed by atoms with Gasteiger partial charge in [-0.1, -0.05) is 28.2 Å². The van der Waals surface area contributed by atoms with Crippen molar-refractivity contribution in [3.05, 3.63) is 31.2 Å². The van der Waals surface area contributed by atoms with Gasteiger partial charge in [0.15, 0.2) is 5.69 Å². The van der Waals surface area contributed by atoms with Crippen LogP contribution in [-0.4, -0.2) is 50.0 Å². The van der Waals surface area contributed by atoms with Gasteiger partial charge in [0, 0.05) is 26.2 Å². The molecule has 0 aliphatic carbocycles. The highest BCUT2D eigenvalue weighted by Gasteiger charge is 2.49. The number of nitrogens with zero attached hydrogens (tertiary/aromatic N) is 5. The molecule has 9 nitrogen and oxygen atoms in total. The van der Waals surface area contributed by atoms with E-state index in [1.807, 2.05) is 0 Å². The lowest BCUT2D eigenvalue weighted by Crippen LogP contribution is -2.10. The third-order valence-electron chi connectivity index (χ3n) is 4.16. The predicted molar refractivity (Wildman–Crippen MR) is 98.7 cm³/mol. The number of hydrogen-bond donors (Lipinski definition) is 0. The second-order valence-corrected chi connectivity index (χ2v) is 10.4. The van der Waals surface area contributed by atoms with Gasteiger partial charge in [0.25, 0.3) is 0 Å². The molecule has 2 fully saturated rings. The maximum absolute atomic E-state index is 13.1. The van der Waals surface area contributed by atoms with Crippen LogP contribution in [-0.2, 0) is 22.7 Å². The Morgan fingerprint density at radius 1 is 1.35 bits per heavy atom. The van der Waals surface area contributed by atoms with Crippen molar-refractivity contribution < 1.29 is 14.0 Å². The first-order valence-electron chi connectivity index (χ1n) is 7.72. The van der Waals surface area contributed by atoms with Crippen molar-refractivity contribution in [1.29, 1.82) is 0 Å². The summed E-state index contributed by atoms with van der Waals surface area (Å²) in [4.78, 5) is 15.4. The number of halogens is 2. The molecule has 0 saturated carbocycles. The van der Waals surface area contributed by atoms with Crippen LogP contribution in [0.15, 0.2) is 6.07 Å². The first-order chi connectivity index (χ1) is 12.3. The van der Waals surface area contributed by atoms with E-state index in [-0.39, 0.29) is 12.6 Å². The van der Waals surface area contributed by atoms with Crippen LogP contribution in [0.2, 0.25) is 9.36 Å². The average Bonchev–Trinajstić information content (AvgIpc) is 3.48. The van der Waals surface area contributed by atoms with E-state index in [0.29, 0.717) is 25.6 Å². The Balaban J connectivity index is 1.69. The third-order valence-corrected chi connectivity index (χ3v) is 8.73. The third kappa shape index (κ3) is 3.20. The summed E-state index contributed by atoms with van der Waals surface area (Å²) in [7, 11) is -1.52. The van der Waals surface area contributed by atoms with Gasteiger partial charge in [0.05, 0.1) is 16.9 Å². The summed E-state index contributed by atoms with van der Waals surface area (Å²) in [5, 5.41) is 11.6. The van der Waals surface area contributed by atoms with Gasteiger partial charge in [-0.25, -0.2) is 13.9 Å². The quantitative estimate of drug-likeness (QED) is 0.282. The zero-order valence-corrected chi connectivity index (χ0v) is 16.8. The molecule has 140 valence electrons.